The fourth-order valence-corrected chi connectivity index (χ4v) is 1.43. The minimum atomic E-state index is 0.429. The summed E-state index contributed by atoms with van der Waals surface area (Å²) < 4.78 is 1.77. The van der Waals surface area contributed by atoms with Crippen molar-refractivity contribution in [1.82, 2.24) is 14.5 Å². The summed E-state index contributed by atoms with van der Waals surface area (Å²) in [6, 6.07) is 5.83. The quantitative estimate of drug-likeness (QED) is 0.706. The van der Waals surface area contributed by atoms with Crippen LogP contribution in [0.2, 0.25) is 0 Å². The van der Waals surface area contributed by atoms with Crippen molar-refractivity contribution in [3.05, 3.63) is 47.8 Å². The lowest BCUT2D eigenvalue weighted by molar-refractivity contribution is 0.111. The van der Waals surface area contributed by atoms with Crippen molar-refractivity contribution in [1.29, 1.82) is 0 Å². The number of aryl methyl sites for hydroxylation is 1. The molecule has 2 heterocycles. The molecule has 0 amide bonds. The first-order chi connectivity index (χ1) is 7.29. The summed E-state index contributed by atoms with van der Waals surface area (Å²) in [5.74, 6) is 0.429. The van der Waals surface area contributed by atoms with Crippen LogP contribution in [0.4, 0.5) is 0 Å². The number of hydrogen-bond acceptors (Lipinski definition) is 3. The van der Waals surface area contributed by atoms with Crippen molar-refractivity contribution < 1.29 is 4.79 Å². The third kappa shape index (κ3) is 2.10. The van der Waals surface area contributed by atoms with Crippen LogP contribution < -0.4 is 0 Å². The van der Waals surface area contributed by atoms with E-state index in [1.165, 1.54) is 0 Å². The van der Waals surface area contributed by atoms with Gasteiger partial charge in [-0.2, -0.15) is 0 Å². The molecule has 4 heteroatoms. The summed E-state index contributed by atoms with van der Waals surface area (Å²) in [4.78, 5) is 18.9. The molecule has 0 aliphatic carbocycles. The molecule has 0 atom stereocenters. The first-order valence-corrected chi connectivity index (χ1v) is 4.68. The molecular weight excluding hydrogens is 190 g/mol. The number of pyridine rings is 1. The highest BCUT2D eigenvalue weighted by molar-refractivity contribution is 5.69. The van der Waals surface area contributed by atoms with Crippen molar-refractivity contribution in [2.45, 2.75) is 13.5 Å². The maximum Gasteiger partial charge on any atom is 0.185 e. The van der Waals surface area contributed by atoms with Crippen LogP contribution in [0.5, 0.6) is 0 Å². The Morgan fingerprint density at radius 1 is 1.47 bits per heavy atom. The molecule has 2 aromatic rings. The summed E-state index contributed by atoms with van der Waals surface area (Å²) in [6.45, 7) is 2.52. The van der Waals surface area contributed by atoms with E-state index in [0.717, 1.165) is 17.7 Å². The third-order valence-corrected chi connectivity index (χ3v) is 2.13. The van der Waals surface area contributed by atoms with E-state index < -0.39 is 0 Å². The molecule has 76 valence electrons. The summed E-state index contributed by atoms with van der Waals surface area (Å²) in [6.07, 6.45) is 4.13. The molecule has 0 fully saturated rings. The molecule has 2 rings (SSSR count). The first-order valence-electron chi connectivity index (χ1n) is 4.68. The van der Waals surface area contributed by atoms with Gasteiger partial charge in [-0.25, -0.2) is 4.98 Å². The zero-order chi connectivity index (χ0) is 10.7. The molecule has 0 spiro atoms. The van der Waals surface area contributed by atoms with Crippen molar-refractivity contribution in [3.63, 3.8) is 0 Å². The Morgan fingerprint density at radius 2 is 2.33 bits per heavy atom. The predicted molar refractivity (Wildman–Crippen MR) is 55.7 cm³/mol. The molecular formula is C11H11N3O. The van der Waals surface area contributed by atoms with Crippen LogP contribution in [0.1, 0.15) is 22.0 Å². The van der Waals surface area contributed by atoms with Gasteiger partial charge in [0, 0.05) is 18.1 Å². The Labute approximate surface area is 87.6 Å². The molecule has 2 aromatic heterocycles. The van der Waals surface area contributed by atoms with Crippen LogP contribution >= 0.6 is 0 Å². The van der Waals surface area contributed by atoms with E-state index in [2.05, 4.69) is 9.97 Å². The van der Waals surface area contributed by atoms with Gasteiger partial charge in [-0.1, -0.05) is 6.07 Å². The van der Waals surface area contributed by atoms with E-state index in [4.69, 9.17) is 0 Å². The van der Waals surface area contributed by atoms with E-state index in [-0.39, 0.29) is 0 Å². The van der Waals surface area contributed by atoms with Gasteiger partial charge in [-0.3, -0.25) is 9.78 Å². The van der Waals surface area contributed by atoms with Gasteiger partial charge in [-0.15, -0.1) is 0 Å². The molecule has 0 saturated carbocycles. The van der Waals surface area contributed by atoms with Crippen LogP contribution in [-0.2, 0) is 6.54 Å². The molecule has 0 aliphatic rings. The number of aromatic nitrogens is 3. The number of carbonyl (C=O) groups is 1. The fourth-order valence-electron chi connectivity index (χ4n) is 1.43. The van der Waals surface area contributed by atoms with Crippen molar-refractivity contribution in [3.8, 4) is 0 Å². The monoisotopic (exact) mass is 201 g/mol. The van der Waals surface area contributed by atoms with Gasteiger partial charge in [0.25, 0.3) is 0 Å². The molecule has 15 heavy (non-hydrogen) atoms. The van der Waals surface area contributed by atoms with Crippen LogP contribution in [0.15, 0.2) is 30.6 Å². The van der Waals surface area contributed by atoms with Crippen LogP contribution in [0.3, 0.4) is 0 Å². The van der Waals surface area contributed by atoms with E-state index in [0.29, 0.717) is 12.4 Å². The number of nitrogens with zero attached hydrogens (tertiary/aromatic N) is 3. The Morgan fingerprint density at radius 3 is 3.07 bits per heavy atom. The molecule has 0 aliphatic heterocycles. The smallest absolute Gasteiger partial charge is 0.185 e. The molecule has 0 N–H and O–H groups in total. The number of rotatable bonds is 3. The Hall–Kier alpha value is -1.97. The zero-order valence-corrected chi connectivity index (χ0v) is 8.42. The number of aldehydes is 1. The van der Waals surface area contributed by atoms with Crippen molar-refractivity contribution >= 4 is 6.29 Å². The number of imidazole rings is 1. The second-order valence-corrected chi connectivity index (χ2v) is 3.30. The van der Waals surface area contributed by atoms with Crippen LogP contribution in [0, 0.1) is 6.92 Å². The van der Waals surface area contributed by atoms with Gasteiger partial charge < -0.3 is 4.57 Å². The second kappa shape index (κ2) is 4.04. The number of hydrogen-bond donors (Lipinski definition) is 0. The van der Waals surface area contributed by atoms with Gasteiger partial charge in [0.2, 0.25) is 0 Å². The van der Waals surface area contributed by atoms with E-state index in [1.54, 1.807) is 17.0 Å². The highest BCUT2D eigenvalue weighted by Crippen LogP contribution is 2.03. The predicted octanol–water partition coefficient (Wildman–Crippen LogP) is 1.45. The molecule has 4 nitrogen and oxygen atoms in total. The lowest BCUT2D eigenvalue weighted by Crippen LogP contribution is -2.05. The summed E-state index contributed by atoms with van der Waals surface area (Å²) in [5, 5.41) is 0. The molecule has 0 bridgehead atoms. The van der Waals surface area contributed by atoms with E-state index >= 15 is 0 Å². The molecule has 0 aromatic carbocycles. The Kier molecular flexibility index (Phi) is 2.58. The summed E-state index contributed by atoms with van der Waals surface area (Å²) in [7, 11) is 0. The van der Waals surface area contributed by atoms with Gasteiger partial charge in [0.1, 0.15) is 0 Å². The standard InChI is InChI=1S/C11H11N3O/c1-9-3-2-4-10(13-9)7-14-6-5-12-11(14)8-15/h2-6,8H,7H2,1H3. The molecule has 0 radical (unpaired) electrons. The van der Waals surface area contributed by atoms with Gasteiger partial charge in [0.15, 0.2) is 12.1 Å². The van der Waals surface area contributed by atoms with E-state index in [9.17, 15) is 4.79 Å². The first kappa shape index (κ1) is 9.58. The zero-order valence-electron chi connectivity index (χ0n) is 8.42. The topological polar surface area (TPSA) is 47.8 Å². The van der Waals surface area contributed by atoms with Gasteiger partial charge in [-0.05, 0) is 19.1 Å². The van der Waals surface area contributed by atoms with E-state index in [1.807, 2.05) is 25.1 Å². The SMILES string of the molecule is Cc1cccc(Cn2ccnc2C=O)n1. The highest BCUT2D eigenvalue weighted by atomic mass is 16.1. The minimum Gasteiger partial charge on any atom is -0.323 e. The largest absolute Gasteiger partial charge is 0.323 e. The highest BCUT2D eigenvalue weighted by Gasteiger charge is 2.02. The third-order valence-electron chi connectivity index (χ3n) is 2.13. The average molecular weight is 201 g/mol. The Balaban J connectivity index is 2.25. The average Bonchev–Trinajstić information content (AvgIpc) is 2.65. The second-order valence-electron chi connectivity index (χ2n) is 3.30. The molecule has 0 saturated heterocycles. The van der Waals surface area contributed by atoms with Crippen LogP contribution in [0.25, 0.3) is 0 Å². The minimum absolute atomic E-state index is 0.429. The number of carbonyl (C=O) groups excluding carboxylic acids is 1. The van der Waals surface area contributed by atoms with Gasteiger partial charge in [0.05, 0.1) is 12.2 Å². The summed E-state index contributed by atoms with van der Waals surface area (Å²) in [5.41, 5.74) is 1.90. The maximum absolute atomic E-state index is 10.6. The lowest BCUT2D eigenvalue weighted by Gasteiger charge is -2.04. The van der Waals surface area contributed by atoms with Crippen molar-refractivity contribution in [2.75, 3.05) is 0 Å². The maximum atomic E-state index is 10.6. The van der Waals surface area contributed by atoms with Crippen molar-refractivity contribution in [2.24, 2.45) is 0 Å². The fraction of sp³-hybridized carbons (Fsp3) is 0.182. The normalized spacial score (nSPS) is 10.2. The lowest BCUT2D eigenvalue weighted by atomic mass is 10.3. The van der Waals surface area contributed by atoms with Gasteiger partial charge >= 0.3 is 0 Å². The summed E-state index contributed by atoms with van der Waals surface area (Å²) >= 11 is 0. The van der Waals surface area contributed by atoms with Crippen LogP contribution in [-0.4, -0.2) is 20.8 Å². The molecule has 0 unspecified atom stereocenters. The Bertz CT molecular complexity index is 476.